The van der Waals surface area contributed by atoms with Crippen molar-refractivity contribution in [3.05, 3.63) is 0 Å². The van der Waals surface area contributed by atoms with Crippen LogP contribution in [0.2, 0.25) is 0 Å². The Morgan fingerprint density at radius 3 is 2.26 bits per heavy atom. The summed E-state index contributed by atoms with van der Waals surface area (Å²) in [6.45, 7) is 10.8. The molecule has 0 aromatic carbocycles. The fourth-order valence-corrected chi connectivity index (χ4v) is 4.40. The van der Waals surface area contributed by atoms with Crippen LogP contribution >= 0.6 is 0 Å². The molecule has 1 saturated heterocycles. The van der Waals surface area contributed by atoms with Gasteiger partial charge in [0.15, 0.2) is 0 Å². The van der Waals surface area contributed by atoms with Crippen molar-refractivity contribution in [2.75, 3.05) is 27.8 Å². The maximum Gasteiger partial charge on any atom is 0.225 e. The van der Waals surface area contributed by atoms with E-state index in [1.54, 1.807) is 33.1 Å². The number of likely N-dealkylation sites (N-methyl/N-ethyl adjacent to an activating group) is 1. The quantitative estimate of drug-likeness (QED) is 0.581. The summed E-state index contributed by atoms with van der Waals surface area (Å²) in [4.78, 5) is 28.8. The van der Waals surface area contributed by atoms with Gasteiger partial charge in [0.25, 0.3) is 0 Å². The smallest absolute Gasteiger partial charge is 0.225 e. The van der Waals surface area contributed by atoms with Crippen LogP contribution in [0.4, 0.5) is 0 Å². The molecule has 0 aromatic rings. The Kier molecular flexibility index (Phi) is 9.74. The van der Waals surface area contributed by atoms with Crippen molar-refractivity contribution in [1.82, 2.24) is 9.80 Å². The van der Waals surface area contributed by atoms with E-state index in [0.717, 1.165) is 25.8 Å². The molecule has 1 aliphatic rings. The van der Waals surface area contributed by atoms with Crippen LogP contribution in [0.15, 0.2) is 0 Å². The van der Waals surface area contributed by atoms with Gasteiger partial charge >= 0.3 is 0 Å². The average Bonchev–Trinajstić information content (AvgIpc) is 3.10. The lowest BCUT2D eigenvalue weighted by Gasteiger charge is -2.38. The number of hydrogen-bond acceptors (Lipinski definition) is 4. The summed E-state index contributed by atoms with van der Waals surface area (Å²) in [5, 5.41) is 0. The highest BCUT2D eigenvalue weighted by atomic mass is 16.5. The first-order valence-corrected chi connectivity index (χ1v) is 10.3. The van der Waals surface area contributed by atoms with Crippen LogP contribution < -0.4 is 0 Å². The van der Waals surface area contributed by atoms with E-state index in [-0.39, 0.29) is 48.4 Å². The number of nitrogens with zero attached hydrogens (tertiary/aromatic N) is 2. The second-order valence-corrected chi connectivity index (χ2v) is 8.23. The molecule has 27 heavy (non-hydrogen) atoms. The monoisotopic (exact) mass is 384 g/mol. The number of likely N-dealkylation sites (tertiary alicyclic amines) is 1. The highest BCUT2D eigenvalue weighted by molar-refractivity contribution is 5.78. The Bertz CT molecular complexity index is 483. The van der Waals surface area contributed by atoms with Gasteiger partial charge in [0.2, 0.25) is 11.8 Å². The summed E-state index contributed by atoms with van der Waals surface area (Å²) < 4.78 is 11.4. The van der Waals surface area contributed by atoms with Crippen LogP contribution in [0.5, 0.6) is 0 Å². The van der Waals surface area contributed by atoms with Crippen LogP contribution in [0.3, 0.4) is 0 Å². The molecule has 6 nitrogen and oxygen atoms in total. The number of amides is 2. The first-order chi connectivity index (χ1) is 12.7. The van der Waals surface area contributed by atoms with Crippen molar-refractivity contribution in [3.8, 4) is 0 Å². The third-order valence-electron chi connectivity index (χ3n) is 6.16. The molecule has 0 radical (unpaired) electrons. The summed E-state index contributed by atoms with van der Waals surface area (Å²) in [6.07, 6.45) is 2.91. The first-order valence-electron chi connectivity index (χ1n) is 10.3. The molecule has 6 heteroatoms. The fraction of sp³-hybridized carbons (Fsp3) is 0.905. The number of carbonyl (C=O) groups is 2. The summed E-state index contributed by atoms with van der Waals surface area (Å²) in [5.41, 5.74) is 0. The maximum atomic E-state index is 13.2. The zero-order valence-corrected chi connectivity index (χ0v) is 18.5. The largest absolute Gasteiger partial charge is 0.379 e. The van der Waals surface area contributed by atoms with E-state index in [4.69, 9.17) is 9.47 Å². The highest BCUT2D eigenvalue weighted by Gasteiger charge is 2.39. The highest BCUT2D eigenvalue weighted by Crippen LogP contribution is 2.28. The molecule has 1 unspecified atom stereocenters. The molecule has 1 aliphatic heterocycles. The molecule has 0 spiro atoms. The Morgan fingerprint density at radius 2 is 1.81 bits per heavy atom. The average molecular weight is 385 g/mol. The number of ether oxygens (including phenoxy) is 2. The van der Waals surface area contributed by atoms with Gasteiger partial charge in [-0.25, -0.2) is 0 Å². The molecule has 0 saturated carbocycles. The van der Waals surface area contributed by atoms with Gasteiger partial charge in [-0.2, -0.15) is 0 Å². The minimum Gasteiger partial charge on any atom is -0.379 e. The number of rotatable bonds is 10. The van der Waals surface area contributed by atoms with Gasteiger partial charge in [0.1, 0.15) is 0 Å². The molecule has 2 amide bonds. The normalized spacial score (nSPS) is 21.8. The number of hydrogen-bond donors (Lipinski definition) is 0. The van der Waals surface area contributed by atoms with Crippen molar-refractivity contribution < 1.29 is 19.1 Å². The second kappa shape index (κ2) is 11.0. The minimum atomic E-state index is -0.317. The number of methoxy groups -OCH3 is 2. The lowest BCUT2D eigenvalue weighted by Crippen LogP contribution is -2.51. The van der Waals surface area contributed by atoms with E-state index in [1.807, 2.05) is 4.90 Å². The van der Waals surface area contributed by atoms with Crippen LogP contribution in [0.25, 0.3) is 0 Å². The van der Waals surface area contributed by atoms with Crippen LogP contribution in [-0.2, 0) is 19.1 Å². The standard InChI is InChI=1S/C21H40N2O4/c1-9-15(4)20(22(6)16(5)24)18(26-7)13-19(25)23-12-10-11-17(23)21(27-8)14(2)3/h14-15,17-18,20-21H,9-13H2,1-8H3/t15-,17-,18+,20?,21+/m0/s1. The van der Waals surface area contributed by atoms with Crippen LogP contribution in [-0.4, -0.2) is 73.7 Å². The Morgan fingerprint density at radius 1 is 1.19 bits per heavy atom. The van der Waals surface area contributed by atoms with Gasteiger partial charge in [-0.1, -0.05) is 34.1 Å². The molecular formula is C21H40N2O4. The second-order valence-electron chi connectivity index (χ2n) is 8.23. The van der Waals surface area contributed by atoms with Gasteiger partial charge in [-0.15, -0.1) is 0 Å². The molecular weight excluding hydrogens is 344 g/mol. The van der Waals surface area contributed by atoms with E-state index >= 15 is 0 Å². The summed E-state index contributed by atoms with van der Waals surface area (Å²) >= 11 is 0. The third-order valence-corrected chi connectivity index (χ3v) is 6.16. The Balaban J connectivity index is 2.96. The molecule has 0 bridgehead atoms. The summed E-state index contributed by atoms with van der Waals surface area (Å²) in [5.74, 6) is 0.683. The van der Waals surface area contributed by atoms with Crippen molar-refractivity contribution >= 4 is 11.8 Å². The Hall–Kier alpha value is -1.14. The molecule has 0 aromatic heterocycles. The lowest BCUT2D eigenvalue weighted by atomic mass is 9.90. The van der Waals surface area contributed by atoms with Gasteiger partial charge in [-0.05, 0) is 24.7 Å². The van der Waals surface area contributed by atoms with Crippen LogP contribution in [0, 0.1) is 11.8 Å². The molecule has 1 rings (SSSR count). The van der Waals surface area contributed by atoms with E-state index < -0.39 is 0 Å². The zero-order valence-electron chi connectivity index (χ0n) is 18.5. The molecule has 1 fully saturated rings. The minimum absolute atomic E-state index is 0.00639. The van der Waals surface area contributed by atoms with Gasteiger partial charge in [-0.3, -0.25) is 9.59 Å². The van der Waals surface area contributed by atoms with Crippen molar-refractivity contribution in [2.45, 2.75) is 84.6 Å². The molecule has 0 N–H and O–H groups in total. The van der Waals surface area contributed by atoms with E-state index in [9.17, 15) is 9.59 Å². The van der Waals surface area contributed by atoms with Crippen LogP contribution in [0.1, 0.15) is 60.3 Å². The topological polar surface area (TPSA) is 59.1 Å². The molecule has 0 aliphatic carbocycles. The summed E-state index contributed by atoms with van der Waals surface area (Å²) in [7, 11) is 5.16. The zero-order chi connectivity index (χ0) is 20.7. The van der Waals surface area contributed by atoms with Gasteiger partial charge in [0, 0.05) is 34.7 Å². The molecule has 158 valence electrons. The fourth-order valence-electron chi connectivity index (χ4n) is 4.40. The first kappa shape index (κ1) is 23.9. The SMILES string of the molecule is CC[C@H](C)C([C@@H](CC(=O)N1CCC[C@H]1[C@H](OC)C(C)C)OC)N(C)C(C)=O. The molecule has 1 heterocycles. The van der Waals surface area contributed by atoms with Gasteiger partial charge < -0.3 is 19.3 Å². The number of carbonyl (C=O) groups excluding carboxylic acids is 2. The molecule has 5 atom stereocenters. The van der Waals surface area contributed by atoms with E-state index in [0.29, 0.717) is 5.92 Å². The van der Waals surface area contributed by atoms with E-state index in [1.165, 1.54) is 0 Å². The van der Waals surface area contributed by atoms with E-state index in [2.05, 4.69) is 27.7 Å². The third kappa shape index (κ3) is 5.92. The summed E-state index contributed by atoms with van der Waals surface area (Å²) in [6, 6.07) is -0.00147. The predicted octanol–water partition coefficient (Wildman–Crippen LogP) is 2.95. The maximum absolute atomic E-state index is 13.2. The van der Waals surface area contributed by atoms with Crippen molar-refractivity contribution in [3.63, 3.8) is 0 Å². The lowest BCUT2D eigenvalue weighted by molar-refractivity contribution is -0.143. The van der Waals surface area contributed by atoms with Crippen molar-refractivity contribution in [1.29, 1.82) is 0 Å². The predicted molar refractivity (Wildman–Crippen MR) is 107 cm³/mol. The Labute approximate surface area is 165 Å². The van der Waals surface area contributed by atoms with Crippen molar-refractivity contribution in [2.24, 2.45) is 11.8 Å². The van der Waals surface area contributed by atoms with Gasteiger partial charge in [0.05, 0.1) is 30.7 Å².